The summed E-state index contributed by atoms with van der Waals surface area (Å²) in [6.07, 6.45) is 7.30. The average molecular weight is 573 g/mol. The Morgan fingerprint density at radius 2 is 1.90 bits per heavy atom. The maximum atomic E-state index is 14.3. The van der Waals surface area contributed by atoms with Crippen molar-refractivity contribution in [2.75, 3.05) is 6.54 Å². The van der Waals surface area contributed by atoms with E-state index in [0.29, 0.717) is 12.0 Å². The molecule has 0 aliphatic carbocycles. The summed E-state index contributed by atoms with van der Waals surface area (Å²) < 4.78 is 0. The van der Waals surface area contributed by atoms with Gasteiger partial charge in [-0.3, -0.25) is 24.2 Å². The van der Waals surface area contributed by atoms with Crippen LogP contribution in [0.1, 0.15) is 62.4 Å². The Kier molecular flexibility index (Phi) is 8.89. The number of amides is 4. The number of benzene rings is 1. The van der Waals surface area contributed by atoms with Crippen molar-refractivity contribution in [3.05, 3.63) is 66.1 Å². The van der Waals surface area contributed by atoms with E-state index in [0.717, 1.165) is 29.3 Å². The summed E-state index contributed by atoms with van der Waals surface area (Å²) in [6.45, 7) is 6.31. The van der Waals surface area contributed by atoms with E-state index in [4.69, 9.17) is 0 Å². The second-order valence-corrected chi connectivity index (χ2v) is 12.1. The molecule has 2 fully saturated rings. The van der Waals surface area contributed by atoms with Crippen LogP contribution in [0.4, 0.5) is 0 Å². The Bertz CT molecular complexity index is 1440. The van der Waals surface area contributed by atoms with Gasteiger partial charge in [-0.2, -0.15) is 0 Å². The predicted octanol–water partition coefficient (Wildman–Crippen LogP) is 2.95. The monoisotopic (exact) mass is 572 g/mol. The number of para-hydroxylation sites is 1. The molecule has 0 unspecified atom stereocenters. The van der Waals surface area contributed by atoms with Crippen LogP contribution in [0, 0.1) is 11.8 Å². The normalized spacial score (nSPS) is 25.7. The second-order valence-electron chi connectivity index (χ2n) is 12.1. The summed E-state index contributed by atoms with van der Waals surface area (Å²) in [7, 11) is 0. The van der Waals surface area contributed by atoms with E-state index in [9.17, 15) is 19.2 Å². The molecule has 0 saturated carbocycles. The molecule has 1 aromatic carbocycles. The third kappa shape index (κ3) is 6.64. The van der Waals surface area contributed by atoms with Gasteiger partial charge in [0.2, 0.25) is 17.7 Å². The zero-order valence-corrected chi connectivity index (χ0v) is 24.4. The molecule has 4 N–H and O–H groups in total. The minimum absolute atomic E-state index is 0.0910. The third-order valence-electron chi connectivity index (χ3n) is 8.51. The molecule has 0 bridgehead atoms. The number of aromatic amines is 1. The Morgan fingerprint density at radius 3 is 2.67 bits per heavy atom. The van der Waals surface area contributed by atoms with Gasteiger partial charge in [0, 0.05) is 61.0 Å². The highest BCUT2D eigenvalue weighted by atomic mass is 16.2. The van der Waals surface area contributed by atoms with E-state index in [-0.39, 0.29) is 60.9 Å². The Labute approximate surface area is 246 Å². The Morgan fingerprint density at radius 1 is 1.10 bits per heavy atom. The Hall–Kier alpha value is -4.21. The first kappa shape index (κ1) is 29.3. The number of hydrogen-bond acceptors (Lipinski definition) is 5. The van der Waals surface area contributed by atoms with Crippen molar-refractivity contribution < 1.29 is 19.2 Å². The number of carbonyl (C=O) groups excluding carboxylic acids is 4. The van der Waals surface area contributed by atoms with Crippen molar-refractivity contribution >= 4 is 34.5 Å². The molecule has 4 amide bonds. The van der Waals surface area contributed by atoms with Crippen LogP contribution in [0.25, 0.3) is 10.9 Å². The summed E-state index contributed by atoms with van der Waals surface area (Å²) >= 11 is 0. The molecule has 4 heterocycles. The number of nitrogens with zero attached hydrogens (tertiary/aromatic N) is 2. The van der Waals surface area contributed by atoms with Gasteiger partial charge in [-0.15, -0.1) is 0 Å². The van der Waals surface area contributed by atoms with Crippen LogP contribution in [0.3, 0.4) is 0 Å². The summed E-state index contributed by atoms with van der Waals surface area (Å²) in [5.41, 5.74) is 2.26. The number of rotatable bonds is 5. The molecule has 0 radical (unpaired) electrons. The lowest BCUT2D eigenvalue weighted by molar-refractivity contribution is -0.141. The molecule has 2 aliphatic heterocycles. The SMILES string of the molecule is CC(C)[C@@H]1CC[C@@H](C)CC(=O)N[C@H](Cc2c[nH]c3ccccc23)C(=O)N2C[C@H](NC(=O)c3cccnc3)C[C@H]2C(=O)N1. The summed E-state index contributed by atoms with van der Waals surface area (Å²) in [4.78, 5) is 63.1. The van der Waals surface area contributed by atoms with Crippen LogP contribution in [0.2, 0.25) is 0 Å². The van der Waals surface area contributed by atoms with Gasteiger partial charge in [0.05, 0.1) is 5.56 Å². The molecule has 5 atom stereocenters. The van der Waals surface area contributed by atoms with Gasteiger partial charge in [-0.25, -0.2) is 0 Å². The minimum atomic E-state index is -0.867. The maximum absolute atomic E-state index is 14.3. The molecule has 222 valence electrons. The topological polar surface area (TPSA) is 136 Å². The van der Waals surface area contributed by atoms with Gasteiger partial charge in [-0.05, 0) is 54.9 Å². The van der Waals surface area contributed by atoms with Crippen LogP contribution < -0.4 is 16.0 Å². The molecule has 0 spiro atoms. The molecule has 3 aromatic rings. The highest BCUT2D eigenvalue weighted by Crippen LogP contribution is 2.25. The summed E-state index contributed by atoms with van der Waals surface area (Å²) in [5, 5.41) is 10.2. The number of aromatic nitrogens is 2. The molecule has 2 aromatic heterocycles. The molecular formula is C32H40N6O4. The lowest BCUT2D eigenvalue weighted by Crippen LogP contribution is -2.55. The zero-order valence-electron chi connectivity index (χ0n) is 24.4. The maximum Gasteiger partial charge on any atom is 0.253 e. The van der Waals surface area contributed by atoms with Gasteiger partial charge in [0.15, 0.2) is 0 Å². The fourth-order valence-electron chi connectivity index (χ4n) is 6.11. The van der Waals surface area contributed by atoms with Gasteiger partial charge < -0.3 is 25.8 Å². The molecule has 2 saturated heterocycles. The van der Waals surface area contributed by atoms with Gasteiger partial charge >= 0.3 is 0 Å². The van der Waals surface area contributed by atoms with Crippen molar-refractivity contribution in [3.63, 3.8) is 0 Å². The van der Waals surface area contributed by atoms with Crippen molar-refractivity contribution in [3.8, 4) is 0 Å². The van der Waals surface area contributed by atoms with Crippen molar-refractivity contribution in [2.24, 2.45) is 11.8 Å². The molecular weight excluding hydrogens is 532 g/mol. The van der Waals surface area contributed by atoms with Gasteiger partial charge in [0.1, 0.15) is 12.1 Å². The molecule has 10 nitrogen and oxygen atoms in total. The van der Waals surface area contributed by atoms with Crippen LogP contribution in [-0.4, -0.2) is 69.2 Å². The first-order valence-corrected chi connectivity index (χ1v) is 14.9. The summed E-state index contributed by atoms with van der Waals surface area (Å²) in [6, 6.07) is 9.01. The number of hydrogen-bond donors (Lipinski definition) is 4. The highest BCUT2D eigenvalue weighted by molar-refractivity contribution is 5.96. The Balaban J connectivity index is 1.45. The smallest absolute Gasteiger partial charge is 0.253 e. The van der Waals surface area contributed by atoms with Crippen molar-refractivity contribution in [2.45, 2.75) is 77.0 Å². The van der Waals surface area contributed by atoms with E-state index >= 15 is 0 Å². The van der Waals surface area contributed by atoms with E-state index in [1.165, 1.54) is 6.20 Å². The lowest BCUT2D eigenvalue weighted by atomic mass is 9.92. The van der Waals surface area contributed by atoms with Crippen LogP contribution >= 0.6 is 0 Å². The summed E-state index contributed by atoms with van der Waals surface area (Å²) in [5.74, 6) is -0.781. The van der Waals surface area contributed by atoms with E-state index < -0.39 is 18.1 Å². The molecule has 5 rings (SSSR count). The van der Waals surface area contributed by atoms with Crippen LogP contribution in [0.5, 0.6) is 0 Å². The third-order valence-corrected chi connectivity index (χ3v) is 8.51. The predicted molar refractivity (Wildman–Crippen MR) is 159 cm³/mol. The first-order chi connectivity index (χ1) is 20.2. The first-order valence-electron chi connectivity index (χ1n) is 14.9. The number of pyridine rings is 1. The van der Waals surface area contributed by atoms with Gasteiger partial charge in [0.25, 0.3) is 5.91 Å². The van der Waals surface area contributed by atoms with E-state index in [2.05, 4.69) is 39.8 Å². The van der Waals surface area contributed by atoms with E-state index in [1.807, 2.05) is 37.4 Å². The highest BCUT2D eigenvalue weighted by Gasteiger charge is 2.43. The standard InChI is InChI=1S/C32H40N6O4/c1-19(2)25-11-10-20(3)13-29(39)36-27(14-22-17-34-26-9-5-4-8-24(22)26)32(42)38-18-23(15-28(38)31(41)37-25)35-30(40)21-7-6-12-33-16-21/h4-9,12,16-17,19-20,23,25,27-28,34H,10-11,13-15,18H2,1-3H3,(H,35,40)(H,36,39)(H,37,41)/t20-,23-,25+,27-,28+/m1/s1. The van der Waals surface area contributed by atoms with Crippen LogP contribution in [0.15, 0.2) is 55.0 Å². The lowest BCUT2D eigenvalue weighted by Gasteiger charge is -2.30. The largest absolute Gasteiger partial charge is 0.361 e. The molecule has 10 heteroatoms. The minimum Gasteiger partial charge on any atom is -0.361 e. The number of H-pyrrole nitrogens is 1. The number of fused-ring (bicyclic) bond motifs is 2. The van der Waals surface area contributed by atoms with Crippen molar-refractivity contribution in [1.82, 2.24) is 30.8 Å². The number of nitrogens with one attached hydrogen (secondary N) is 4. The zero-order chi connectivity index (χ0) is 29.8. The quantitative estimate of drug-likeness (QED) is 0.373. The van der Waals surface area contributed by atoms with Crippen LogP contribution in [-0.2, 0) is 20.8 Å². The fraction of sp³-hybridized carbons (Fsp3) is 0.469. The fourth-order valence-corrected chi connectivity index (χ4v) is 6.11. The molecule has 2 aliphatic rings. The average Bonchev–Trinajstić information content (AvgIpc) is 3.58. The van der Waals surface area contributed by atoms with E-state index in [1.54, 1.807) is 23.2 Å². The number of carbonyl (C=O) groups is 4. The molecule has 42 heavy (non-hydrogen) atoms. The van der Waals surface area contributed by atoms with Crippen molar-refractivity contribution in [1.29, 1.82) is 0 Å². The van der Waals surface area contributed by atoms with Gasteiger partial charge in [-0.1, -0.05) is 39.0 Å². The second kappa shape index (κ2) is 12.8.